The van der Waals surface area contributed by atoms with Crippen molar-refractivity contribution < 1.29 is 27.6 Å². The molecule has 0 saturated heterocycles. The molecule has 4 nitrogen and oxygen atoms in total. The average molecular weight is 329 g/mol. The molecule has 8 heteroatoms. The van der Waals surface area contributed by atoms with Gasteiger partial charge in [0.25, 0.3) is 0 Å². The van der Waals surface area contributed by atoms with Gasteiger partial charge in [0, 0.05) is 26.2 Å². The van der Waals surface area contributed by atoms with Gasteiger partial charge in [0.15, 0.2) is 0 Å². The SMILES string of the molecule is NCCN.NCCN.[Cl-].[Cl][Rh+][Cl]. The second kappa shape index (κ2) is 39.5. The van der Waals surface area contributed by atoms with Crippen LogP contribution < -0.4 is 35.3 Å². The van der Waals surface area contributed by atoms with E-state index in [0.717, 1.165) is 0 Å². The van der Waals surface area contributed by atoms with E-state index in [1.54, 1.807) is 0 Å². The average Bonchev–Trinajstić information content (AvgIpc) is 2.06. The molecule has 0 saturated carbocycles. The fourth-order valence-corrected chi connectivity index (χ4v) is 0. The minimum atomic E-state index is -0.226. The van der Waals surface area contributed by atoms with E-state index in [2.05, 4.69) is 0 Å². The van der Waals surface area contributed by atoms with Crippen LogP contribution in [0.1, 0.15) is 0 Å². The summed E-state index contributed by atoms with van der Waals surface area (Å²) in [6.45, 7) is 2.39. The van der Waals surface area contributed by atoms with Crippen LogP contribution in [0.4, 0.5) is 0 Å². The number of rotatable bonds is 2. The van der Waals surface area contributed by atoms with Crippen LogP contribution in [0.15, 0.2) is 0 Å². The molecule has 0 bridgehead atoms. The van der Waals surface area contributed by atoms with E-state index in [1.807, 2.05) is 0 Å². The standard InChI is InChI=1S/2C2H8N2.3ClH.Rh/c2*3-1-2-4;;;;/h2*1-4H2;3*1H;/q;;;;;+3/p-3. The number of hydrogen-bond donors (Lipinski definition) is 4. The van der Waals surface area contributed by atoms with Crippen molar-refractivity contribution in [1.82, 2.24) is 0 Å². The van der Waals surface area contributed by atoms with Gasteiger partial charge in [-0.25, -0.2) is 0 Å². The monoisotopic (exact) mass is 328 g/mol. The topological polar surface area (TPSA) is 104 Å². The summed E-state index contributed by atoms with van der Waals surface area (Å²) in [4.78, 5) is 0. The Bertz CT molecular complexity index is 37.5. The Kier molecular flexibility index (Phi) is 76.6. The molecule has 0 aliphatic carbocycles. The molecule has 0 aliphatic heterocycles. The van der Waals surface area contributed by atoms with E-state index in [0.29, 0.717) is 26.2 Å². The molecule has 0 aliphatic rings. The Hall–Kier alpha value is 1.33. The van der Waals surface area contributed by atoms with Gasteiger partial charge in [0.2, 0.25) is 0 Å². The zero-order valence-corrected chi connectivity index (χ0v) is 10.5. The van der Waals surface area contributed by atoms with E-state index >= 15 is 0 Å². The van der Waals surface area contributed by atoms with Gasteiger partial charge in [-0.15, -0.1) is 0 Å². The summed E-state index contributed by atoms with van der Waals surface area (Å²) in [5.74, 6) is 0. The van der Waals surface area contributed by atoms with Gasteiger partial charge in [-0.05, 0) is 0 Å². The van der Waals surface area contributed by atoms with Crippen molar-refractivity contribution in [2.24, 2.45) is 22.9 Å². The molecule has 0 heterocycles. The molecular weight excluding hydrogens is 313 g/mol. The molecule has 8 N–H and O–H groups in total. The van der Waals surface area contributed by atoms with Crippen molar-refractivity contribution in [2.75, 3.05) is 26.2 Å². The summed E-state index contributed by atoms with van der Waals surface area (Å²) in [6.07, 6.45) is 0. The van der Waals surface area contributed by atoms with E-state index < -0.39 is 0 Å². The second-order valence-corrected chi connectivity index (χ2v) is 3.69. The first kappa shape index (κ1) is 23.3. The summed E-state index contributed by atoms with van der Waals surface area (Å²) >= 11 is -0.226. The molecule has 12 heavy (non-hydrogen) atoms. The Morgan fingerprint density at radius 2 is 0.833 bits per heavy atom. The van der Waals surface area contributed by atoms with Crippen molar-refractivity contribution in [3.8, 4) is 0 Å². The molecule has 0 unspecified atom stereocenters. The van der Waals surface area contributed by atoms with Gasteiger partial charge < -0.3 is 35.3 Å². The molecule has 0 rings (SSSR count). The summed E-state index contributed by atoms with van der Waals surface area (Å²) in [5.41, 5.74) is 19.6. The predicted octanol–water partition coefficient (Wildman–Crippen LogP) is -3.81. The van der Waals surface area contributed by atoms with E-state index in [1.165, 1.54) is 0 Å². The molecule has 0 aromatic heterocycles. The molecule has 0 aromatic carbocycles. The van der Waals surface area contributed by atoms with Gasteiger partial charge in [0.05, 0.1) is 0 Å². The van der Waals surface area contributed by atoms with Gasteiger partial charge in [-0.1, -0.05) is 0 Å². The zero-order valence-electron chi connectivity index (χ0n) is 6.61. The molecule has 0 spiro atoms. The van der Waals surface area contributed by atoms with Crippen molar-refractivity contribution in [2.45, 2.75) is 0 Å². The fourth-order valence-electron chi connectivity index (χ4n) is 0. The van der Waals surface area contributed by atoms with Crippen LogP contribution in [-0.4, -0.2) is 26.2 Å². The first-order chi connectivity index (χ1) is 5.24. The van der Waals surface area contributed by atoms with E-state index in [9.17, 15) is 0 Å². The summed E-state index contributed by atoms with van der Waals surface area (Å²) in [7, 11) is 9.67. The summed E-state index contributed by atoms with van der Waals surface area (Å²) in [5, 5.41) is 0. The number of hydrogen-bond acceptors (Lipinski definition) is 4. The number of halogens is 3. The Morgan fingerprint density at radius 1 is 0.750 bits per heavy atom. The maximum absolute atomic E-state index is 4.90. The molecule has 0 fully saturated rings. The fraction of sp³-hybridized carbons (Fsp3) is 1.00. The van der Waals surface area contributed by atoms with E-state index in [-0.39, 0.29) is 27.6 Å². The Labute approximate surface area is 95.8 Å². The van der Waals surface area contributed by atoms with Gasteiger partial charge in [0.1, 0.15) is 0 Å². The second-order valence-electron chi connectivity index (χ2n) is 1.20. The molecule has 0 atom stereocenters. The minimum absolute atomic E-state index is 0. The van der Waals surface area contributed by atoms with Crippen molar-refractivity contribution >= 4 is 19.4 Å². The zero-order chi connectivity index (χ0) is 9.54. The molecule has 0 radical (unpaired) electrons. The van der Waals surface area contributed by atoms with Gasteiger partial charge in [-0.2, -0.15) is 0 Å². The van der Waals surface area contributed by atoms with Gasteiger partial charge in [-0.3, -0.25) is 0 Å². The van der Waals surface area contributed by atoms with Crippen molar-refractivity contribution in [3.05, 3.63) is 0 Å². The summed E-state index contributed by atoms with van der Waals surface area (Å²) < 4.78 is 0. The van der Waals surface area contributed by atoms with Crippen LogP contribution in [0.3, 0.4) is 0 Å². The number of nitrogens with two attached hydrogens (primary N) is 4. The van der Waals surface area contributed by atoms with Crippen LogP contribution in [0.25, 0.3) is 0 Å². The molecule has 82 valence electrons. The van der Waals surface area contributed by atoms with Crippen LogP contribution in [-0.2, 0) is 15.1 Å². The quantitative estimate of drug-likeness (QED) is 0.390. The first-order valence-corrected chi connectivity index (χ1v) is 7.11. The third-order valence-electron chi connectivity index (χ3n) is 0.333. The van der Waals surface area contributed by atoms with E-state index in [4.69, 9.17) is 42.3 Å². The Balaban J connectivity index is -0.0000000389. The van der Waals surface area contributed by atoms with Gasteiger partial charge >= 0.3 is 34.5 Å². The van der Waals surface area contributed by atoms with Crippen molar-refractivity contribution in [3.63, 3.8) is 0 Å². The van der Waals surface area contributed by atoms with Crippen LogP contribution in [0.2, 0.25) is 0 Å². The van der Waals surface area contributed by atoms with Crippen LogP contribution >= 0.6 is 19.4 Å². The third kappa shape index (κ3) is 109. The Morgan fingerprint density at radius 3 is 0.833 bits per heavy atom. The molecule has 0 aromatic rings. The summed E-state index contributed by atoms with van der Waals surface area (Å²) in [6, 6.07) is 0. The normalized spacial score (nSPS) is 6.83. The predicted molar refractivity (Wildman–Crippen MR) is 47.9 cm³/mol. The van der Waals surface area contributed by atoms with Crippen LogP contribution in [0, 0.1) is 0 Å². The van der Waals surface area contributed by atoms with Crippen LogP contribution in [0.5, 0.6) is 0 Å². The first-order valence-electron chi connectivity index (χ1n) is 2.88. The molecule has 0 amide bonds. The maximum atomic E-state index is 4.90. The molecular formula is C4H16Cl3N4Rh. The van der Waals surface area contributed by atoms with Crippen molar-refractivity contribution in [1.29, 1.82) is 0 Å². The third-order valence-corrected chi connectivity index (χ3v) is 0.333.